The largest absolute Gasteiger partial charge is 0.409 e. The van der Waals surface area contributed by atoms with E-state index in [1.807, 2.05) is 36.4 Å². The van der Waals surface area contributed by atoms with Gasteiger partial charge in [0, 0.05) is 19.3 Å². The van der Waals surface area contributed by atoms with Crippen LogP contribution in [0.4, 0.5) is 5.82 Å². The maximum atomic E-state index is 8.84. The number of rotatable bonds is 4. The number of amidine groups is 1. The normalized spacial score (nSPS) is 11.6. The number of anilines is 1. The summed E-state index contributed by atoms with van der Waals surface area (Å²) in [6.07, 6.45) is 0. The van der Waals surface area contributed by atoms with Crippen molar-refractivity contribution in [3.8, 4) is 0 Å². The fourth-order valence-corrected chi connectivity index (χ4v) is 2.48. The van der Waals surface area contributed by atoms with E-state index in [0.29, 0.717) is 11.4 Å². The third-order valence-electron chi connectivity index (χ3n) is 2.76. The van der Waals surface area contributed by atoms with Gasteiger partial charge in [-0.3, -0.25) is 0 Å². The Hall–Kier alpha value is -2.08. The zero-order valence-electron chi connectivity index (χ0n) is 10.9. The zero-order valence-corrected chi connectivity index (χ0v) is 11.7. The lowest BCUT2D eigenvalue weighted by Crippen LogP contribution is -2.24. The molecule has 0 fully saturated rings. The predicted octanol–water partition coefficient (Wildman–Crippen LogP) is 2.18. The highest BCUT2D eigenvalue weighted by Gasteiger charge is 2.13. The quantitative estimate of drug-likeness (QED) is 0.388. The number of nitrogens with zero attached hydrogens (tertiary/aromatic N) is 3. The molecule has 100 valence electrons. The summed E-state index contributed by atoms with van der Waals surface area (Å²) in [7, 11) is 1.94. The van der Waals surface area contributed by atoms with Gasteiger partial charge in [-0.15, -0.1) is 0 Å². The second-order valence-corrected chi connectivity index (χ2v) is 5.08. The zero-order chi connectivity index (χ0) is 13.8. The molecule has 0 aromatic carbocycles. The highest BCUT2D eigenvalue weighted by atomic mass is 32.1. The molecule has 5 nitrogen and oxygen atoms in total. The predicted molar refractivity (Wildman–Crippen MR) is 77.9 cm³/mol. The van der Waals surface area contributed by atoms with Crippen LogP contribution in [0.3, 0.4) is 0 Å². The molecule has 0 saturated carbocycles. The maximum Gasteiger partial charge on any atom is 0.173 e. The maximum absolute atomic E-state index is 8.84. The molecule has 3 N–H and O–H groups in total. The van der Waals surface area contributed by atoms with Crippen LogP contribution >= 0.6 is 11.3 Å². The van der Waals surface area contributed by atoms with Crippen LogP contribution in [-0.2, 0) is 6.54 Å². The average molecular weight is 276 g/mol. The van der Waals surface area contributed by atoms with Crippen molar-refractivity contribution in [1.29, 1.82) is 0 Å². The Morgan fingerprint density at radius 1 is 1.47 bits per heavy atom. The SMILES string of the molecule is Cc1ccc(C(N)=NO)c(N(C)Cc2ccsc2)n1. The van der Waals surface area contributed by atoms with E-state index in [2.05, 4.69) is 21.6 Å². The van der Waals surface area contributed by atoms with Crippen LogP contribution in [-0.4, -0.2) is 23.1 Å². The Labute approximate surface area is 116 Å². The summed E-state index contributed by atoms with van der Waals surface area (Å²) in [5.74, 6) is 0.779. The molecule has 2 aromatic heterocycles. The lowest BCUT2D eigenvalue weighted by Gasteiger charge is -2.20. The number of pyridine rings is 1. The van der Waals surface area contributed by atoms with Crippen molar-refractivity contribution in [1.82, 2.24) is 4.98 Å². The fraction of sp³-hybridized carbons (Fsp3) is 0.231. The Bertz CT molecular complexity index is 580. The number of aryl methyl sites for hydroxylation is 1. The highest BCUT2D eigenvalue weighted by Crippen LogP contribution is 2.20. The smallest absolute Gasteiger partial charge is 0.173 e. The van der Waals surface area contributed by atoms with E-state index in [1.54, 1.807) is 11.3 Å². The van der Waals surface area contributed by atoms with Gasteiger partial charge in [-0.05, 0) is 41.4 Å². The van der Waals surface area contributed by atoms with Crippen molar-refractivity contribution in [3.05, 3.63) is 45.8 Å². The molecule has 2 aromatic rings. The lowest BCUT2D eigenvalue weighted by molar-refractivity contribution is 0.318. The van der Waals surface area contributed by atoms with Gasteiger partial charge in [0.2, 0.25) is 0 Å². The molecule has 0 atom stereocenters. The van der Waals surface area contributed by atoms with Crippen LogP contribution in [0.15, 0.2) is 34.1 Å². The molecule has 6 heteroatoms. The fourth-order valence-electron chi connectivity index (χ4n) is 1.82. The Kier molecular flexibility index (Phi) is 4.01. The summed E-state index contributed by atoms with van der Waals surface area (Å²) in [6, 6.07) is 5.73. The van der Waals surface area contributed by atoms with Gasteiger partial charge in [0.25, 0.3) is 0 Å². The van der Waals surface area contributed by atoms with Crippen LogP contribution < -0.4 is 10.6 Å². The first kappa shape index (κ1) is 13.4. The number of thiophene rings is 1. The van der Waals surface area contributed by atoms with Crippen LogP contribution in [0.2, 0.25) is 0 Å². The second-order valence-electron chi connectivity index (χ2n) is 4.30. The molecular weight excluding hydrogens is 260 g/mol. The summed E-state index contributed by atoms with van der Waals surface area (Å²) >= 11 is 1.66. The van der Waals surface area contributed by atoms with E-state index in [9.17, 15) is 0 Å². The molecule has 0 saturated heterocycles. The average Bonchev–Trinajstić information content (AvgIpc) is 2.90. The van der Waals surface area contributed by atoms with Crippen molar-refractivity contribution >= 4 is 23.0 Å². The van der Waals surface area contributed by atoms with Gasteiger partial charge < -0.3 is 15.8 Å². The monoisotopic (exact) mass is 276 g/mol. The van der Waals surface area contributed by atoms with Gasteiger partial charge in [-0.2, -0.15) is 11.3 Å². The Morgan fingerprint density at radius 3 is 2.89 bits per heavy atom. The summed E-state index contributed by atoms with van der Waals surface area (Å²) in [6.45, 7) is 2.64. The minimum atomic E-state index is 0.0691. The number of hydrogen-bond acceptors (Lipinski definition) is 5. The third kappa shape index (κ3) is 3.03. The Morgan fingerprint density at radius 2 is 2.26 bits per heavy atom. The minimum absolute atomic E-state index is 0.0691. The molecule has 19 heavy (non-hydrogen) atoms. The molecule has 0 bridgehead atoms. The van der Waals surface area contributed by atoms with E-state index >= 15 is 0 Å². The summed E-state index contributed by atoms with van der Waals surface area (Å²) < 4.78 is 0. The standard InChI is InChI=1S/C13H16N4OS/c1-9-3-4-11(12(14)16-18)13(15-9)17(2)7-10-5-6-19-8-10/h3-6,8,18H,7H2,1-2H3,(H2,14,16). The lowest BCUT2D eigenvalue weighted by atomic mass is 10.2. The molecule has 0 aliphatic carbocycles. The number of oxime groups is 1. The van der Waals surface area contributed by atoms with Crippen molar-refractivity contribution < 1.29 is 5.21 Å². The minimum Gasteiger partial charge on any atom is -0.409 e. The molecule has 2 heterocycles. The van der Waals surface area contributed by atoms with Crippen molar-refractivity contribution in [2.75, 3.05) is 11.9 Å². The number of aromatic nitrogens is 1. The van der Waals surface area contributed by atoms with Gasteiger partial charge in [-0.1, -0.05) is 5.16 Å². The van der Waals surface area contributed by atoms with Gasteiger partial charge in [0.05, 0.1) is 5.56 Å². The van der Waals surface area contributed by atoms with E-state index in [1.165, 1.54) is 5.56 Å². The number of nitrogens with two attached hydrogens (primary N) is 1. The van der Waals surface area contributed by atoms with Crippen LogP contribution in [0.25, 0.3) is 0 Å². The van der Waals surface area contributed by atoms with Crippen LogP contribution in [0.5, 0.6) is 0 Å². The molecule has 0 aliphatic heterocycles. The van der Waals surface area contributed by atoms with Gasteiger partial charge in [0.1, 0.15) is 5.82 Å². The second kappa shape index (κ2) is 5.71. The summed E-state index contributed by atoms with van der Waals surface area (Å²) in [5.41, 5.74) is 8.42. The highest BCUT2D eigenvalue weighted by molar-refractivity contribution is 7.07. The van der Waals surface area contributed by atoms with Crippen LogP contribution in [0, 0.1) is 6.92 Å². The molecule has 0 radical (unpaired) electrons. The first-order valence-corrected chi connectivity index (χ1v) is 6.74. The molecule has 2 rings (SSSR count). The summed E-state index contributed by atoms with van der Waals surface area (Å²) in [4.78, 5) is 6.47. The summed E-state index contributed by atoms with van der Waals surface area (Å²) in [5, 5.41) is 16.0. The van der Waals surface area contributed by atoms with E-state index in [4.69, 9.17) is 10.9 Å². The third-order valence-corrected chi connectivity index (χ3v) is 3.49. The van der Waals surface area contributed by atoms with Gasteiger partial charge >= 0.3 is 0 Å². The first-order valence-electron chi connectivity index (χ1n) is 5.79. The molecular formula is C13H16N4OS. The molecule has 0 spiro atoms. The molecule has 0 unspecified atom stereocenters. The van der Waals surface area contributed by atoms with Crippen molar-refractivity contribution in [2.45, 2.75) is 13.5 Å². The first-order chi connectivity index (χ1) is 9.11. The molecule has 0 amide bonds. The van der Waals surface area contributed by atoms with E-state index in [-0.39, 0.29) is 5.84 Å². The topological polar surface area (TPSA) is 74.7 Å². The van der Waals surface area contributed by atoms with Gasteiger partial charge in [-0.25, -0.2) is 4.98 Å². The molecule has 0 aliphatic rings. The van der Waals surface area contributed by atoms with Crippen molar-refractivity contribution in [2.24, 2.45) is 10.9 Å². The van der Waals surface area contributed by atoms with E-state index < -0.39 is 0 Å². The van der Waals surface area contributed by atoms with Gasteiger partial charge in [0.15, 0.2) is 5.84 Å². The number of hydrogen-bond donors (Lipinski definition) is 2. The Balaban J connectivity index is 2.34. The van der Waals surface area contributed by atoms with Crippen molar-refractivity contribution in [3.63, 3.8) is 0 Å². The van der Waals surface area contributed by atoms with E-state index in [0.717, 1.165) is 12.2 Å². The van der Waals surface area contributed by atoms with Crippen LogP contribution in [0.1, 0.15) is 16.8 Å².